The molecule has 0 bridgehead atoms. The molecule has 0 aromatic carbocycles. The summed E-state index contributed by atoms with van der Waals surface area (Å²) in [6.45, 7) is 0.667. The average Bonchev–Trinajstić information content (AvgIpc) is 2.13. The van der Waals surface area contributed by atoms with Crippen LogP contribution in [-0.4, -0.2) is 63.9 Å². The van der Waals surface area contributed by atoms with Gasteiger partial charge in [-0.15, -0.1) is 0 Å². The van der Waals surface area contributed by atoms with Crippen molar-refractivity contribution < 1.29 is 15.3 Å². The van der Waals surface area contributed by atoms with E-state index in [1.54, 1.807) is 11.8 Å². The molecule has 80 valence electrons. The molecule has 0 aliphatic rings. The molecule has 0 aromatic heterocycles. The van der Waals surface area contributed by atoms with Gasteiger partial charge in [0.15, 0.2) is 0 Å². The molecule has 0 radical (unpaired) electrons. The minimum atomic E-state index is 0.170. The van der Waals surface area contributed by atoms with E-state index in [2.05, 4.69) is 0 Å². The van der Waals surface area contributed by atoms with Crippen LogP contribution in [0.5, 0.6) is 0 Å². The fraction of sp³-hybridized carbons (Fsp3) is 1.00. The van der Waals surface area contributed by atoms with E-state index in [9.17, 15) is 0 Å². The van der Waals surface area contributed by atoms with Gasteiger partial charge in [-0.25, -0.2) is 0 Å². The van der Waals surface area contributed by atoms with Crippen LogP contribution in [0.25, 0.3) is 0 Å². The van der Waals surface area contributed by atoms with Gasteiger partial charge in [-0.3, -0.25) is 0 Å². The van der Waals surface area contributed by atoms with E-state index < -0.39 is 0 Å². The minimum Gasteiger partial charge on any atom is -0.396 e. The normalized spacial score (nSPS) is 11.1. The molecule has 0 saturated carbocycles. The average molecular weight is 227 g/mol. The molecule has 0 heterocycles. The third-order valence-electron chi connectivity index (χ3n) is 1.51. The quantitative estimate of drug-likeness (QED) is 0.361. The van der Waals surface area contributed by atoms with Crippen molar-refractivity contribution in [2.75, 3.05) is 48.6 Å². The van der Waals surface area contributed by atoms with E-state index in [1.165, 1.54) is 0 Å². The van der Waals surface area contributed by atoms with Crippen LogP contribution in [0, 0.1) is 0 Å². The number of hydrogen-bond donors (Lipinski definition) is 3. The molecule has 3 N–H and O–H groups in total. The van der Waals surface area contributed by atoms with E-state index in [1.807, 2.05) is 0 Å². The SMILES string of the molecule is OCCSCC[S+](CCO)CCO. The van der Waals surface area contributed by atoms with E-state index in [4.69, 9.17) is 15.3 Å². The summed E-state index contributed by atoms with van der Waals surface area (Å²) >= 11 is 1.73. The topological polar surface area (TPSA) is 60.7 Å². The summed E-state index contributed by atoms with van der Waals surface area (Å²) < 4.78 is 0. The lowest BCUT2D eigenvalue weighted by atomic mass is 10.9. The van der Waals surface area contributed by atoms with Crippen LogP contribution < -0.4 is 0 Å². The maximum absolute atomic E-state index is 8.74. The molecular weight excluding hydrogens is 208 g/mol. The Morgan fingerprint density at radius 2 is 1.38 bits per heavy atom. The van der Waals surface area contributed by atoms with Gasteiger partial charge in [0, 0.05) is 11.5 Å². The van der Waals surface area contributed by atoms with Gasteiger partial charge in [0.05, 0.1) is 19.8 Å². The van der Waals surface area contributed by atoms with Crippen LogP contribution in [0.4, 0.5) is 0 Å². The highest BCUT2D eigenvalue weighted by atomic mass is 32.2. The number of hydrogen-bond acceptors (Lipinski definition) is 4. The fourth-order valence-electron chi connectivity index (χ4n) is 0.908. The van der Waals surface area contributed by atoms with Crippen LogP contribution in [0.2, 0.25) is 0 Å². The second-order valence-electron chi connectivity index (χ2n) is 2.51. The smallest absolute Gasteiger partial charge is 0.131 e. The number of aliphatic hydroxyl groups is 3. The Morgan fingerprint density at radius 3 is 1.85 bits per heavy atom. The van der Waals surface area contributed by atoms with Gasteiger partial charge in [0.25, 0.3) is 0 Å². The Kier molecular flexibility index (Phi) is 11.1. The molecule has 0 saturated heterocycles. The highest BCUT2D eigenvalue weighted by molar-refractivity contribution is 8.01. The van der Waals surface area contributed by atoms with Crippen LogP contribution in [0.1, 0.15) is 0 Å². The third kappa shape index (κ3) is 8.90. The van der Waals surface area contributed by atoms with E-state index in [0.717, 1.165) is 28.8 Å². The Bertz CT molecular complexity index is 97.4. The molecule has 3 nitrogen and oxygen atoms in total. The van der Waals surface area contributed by atoms with Gasteiger partial charge in [-0.05, 0) is 10.9 Å². The summed E-state index contributed by atoms with van der Waals surface area (Å²) in [4.78, 5) is 0. The summed E-state index contributed by atoms with van der Waals surface area (Å²) in [5, 5.41) is 26.0. The summed E-state index contributed by atoms with van der Waals surface area (Å²) in [5.41, 5.74) is 0. The summed E-state index contributed by atoms with van der Waals surface area (Å²) in [6.07, 6.45) is 0. The van der Waals surface area contributed by atoms with Crippen LogP contribution in [0.15, 0.2) is 0 Å². The van der Waals surface area contributed by atoms with Crippen molar-refractivity contribution in [2.24, 2.45) is 0 Å². The molecule has 0 fully saturated rings. The zero-order valence-corrected chi connectivity index (χ0v) is 9.45. The predicted molar refractivity (Wildman–Crippen MR) is 60.5 cm³/mol. The molecule has 0 aliphatic heterocycles. The summed E-state index contributed by atoms with van der Waals surface area (Å²) in [5.74, 6) is 4.46. The predicted octanol–water partition coefficient (Wildman–Crippen LogP) is -0.685. The fourth-order valence-corrected chi connectivity index (χ4v) is 3.78. The van der Waals surface area contributed by atoms with Crippen molar-refractivity contribution in [1.82, 2.24) is 0 Å². The maximum Gasteiger partial charge on any atom is 0.131 e. The number of rotatable bonds is 9. The molecular formula is C8H19O3S2+. The molecule has 13 heavy (non-hydrogen) atoms. The van der Waals surface area contributed by atoms with E-state index in [0.29, 0.717) is 0 Å². The zero-order valence-electron chi connectivity index (χ0n) is 7.81. The summed E-state index contributed by atoms with van der Waals surface area (Å²) in [6, 6.07) is 0. The van der Waals surface area contributed by atoms with Gasteiger partial charge in [-0.1, -0.05) is 0 Å². The second-order valence-corrected chi connectivity index (χ2v) is 6.18. The van der Waals surface area contributed by atoms with Gasteiger partial charge in [-0.2, -0.15) is 11.8 Å². The first-order chi connectivity index (χ1) is 6.35. The Morgan fingerprint density at radius 1 is 0.769 bits per heavy atom. The standard InChI is InChI=1S/C8H19O3S2/c9-1-4-12-5-8-13(6-2-10)7-3-11/h9-11H,1-8H2/q+1. The van der Waals surface area contributed by atoms with Crippen LogP contribution >= 0.6 is 11.8 Å². The number of thioether (sulfide) groups is 1. The lowest BCUT2D eigenvalue weighted by Crippen LogP contribution is -2.22. The Labute approximate surface area is 86.9 Å². The molecule has 0 aromatic rings. The first-order valence-electron chi connectivity index (χ1n) is 4.39. The molecule has 0 spiro atoms. The molecule has 0 amide bonds. The van der Waals surface area contributed by atoms with Gasteiger partial charge < -0.3 is 15.3 Å². The van der Waals surface area contributed by atoms with Crippen molar-refractivity contribution in [1.29, 1.82) is 0 Å². The summed E-state index contributed by atoms with van der Waals surface area (Å²) in [7, 11) is 0.170. The van der Waals surface area contributed by atoms with Crippen LogP contribution in [-0.2, 0) is 10.9 Å². The van der Waals surface area contributed by atoms with Gasteiger partial charge in [0.1, 0.15) is 17.3 Å². The molecule has 5 heteroatoms. The molecule has 0 aliphatic carbocycles. The number of aliphatic hydroxyl groups excluding tert-OH is 3. The first kappa shape index (κ1) is 13.6. The lowest BCUT2D eigenvalue weighted by Gasteiger charge is -2.05. The maximum atomic E-state index is 8.74. The monoisotopic (exact) mass is 227 g/mol. The van der Waals surface area contributed by atoms with Gasteiger partial charge >= 0.3 is 0 Å². The Hall–Kier alpha value is 0.580. The molecule has 0 unspecified atom stereocenters. The highest BCUT2D eigenvalue weighted by Crippen LogP contribution is 2.04. The van der Waals surface area contributed by atoms with E-state index in [-0.39, 0.29) is 30.7 Å². The second kappa shape index (κ2) is 10.7. The minimum absolute atomic E-state index is 0.170. The van der Waals surface area contributed by atoms with Crippen molar-refractivity contribution in [3.8, 4) is 0 Å². The lowest BCUT2D eigenvalue weighted by molar-refractivity contribution is 0.316. The first-order valence-corrected chi connectivity index (χ1v) is 7.28. The van der Waals surface area contributed by atoms with Crippen molar-refractivity contribution in [3.05, 3.63) is 0 Å². The zero-order chi connectivity index (χ0) is 9.94. The van der Waals surface area contributed by atoms with E-state index >= 15 is 0 Å². The van der Waals surface area contributed by atoms with Crippen molar-refractivity contribution >= 4 is 22.7 Å². The van der Waals surface area contributed by atoms with Crippen molar-refractivity contribution in [2.45, 2.75) is 0 Å². The molecule has 0 atom stereocenters. The largest absolute Gasteiger partial charge is 0.396 e. The van der Waals surface area contributed by atoms with Gasteiger partial charge in [0.2, 0.25) is 0 Å². The van der Waals surface area contributed by atoms with Crippen LogP contribution in [0.3, 0.4) is 0 Å². The highest BCUT2D eigenvalue weighted by Gasteiger charge is 2.15. The molecule has 0 rings (SSSR count). The Balaban J connectivity index is 3.33. The third-order valence-corrected chi connectivity index (χ3v) is 5.04. The van der Waals surface area contributed by atoms with Crippen molar-refractivity contribution in [3.63, 3.8) is 0 Å².